The van der Waals surface area contributed by atoms with Crippen LogP contribution >= 0.6 is 8.15 Å². The van der Waals surface area contributed by atoms with Crippen molar-refractivity contribution >= 4 is 44.3 Å². The molecule has 0 rings (SSSR count). The largest absolute Gasteiger partial charge is 0.360 e. The van der Waals surface area contributed by atoms with Gasteiger partial charge in [0, 0.05) is 13.5 Å². The quantitative estimate of drug-likeness (QED) is 0.143. The zero-order valence-electron chi connectivity index (χ0n) is 21.3. The summed E-state index contributed by atoms with van der Waals surface area (Å²) >= 11 is 0. The Bertz CT molecular complexity index is 732. The monoisotopic (exact) mass is 518 g/mol. The van der Waals surface area contributed by atoms with Crippen molar-refractivity contribution in [1.82, 2.24) is 21.3 Å². The third-order valence-corrected chi connectivity index (χ3v) is 5.87. The van der Waals surface area contributed by atoms with Gasteiger partial charge < -0.3 is 40.1 Å². The van der Waals surface area contributed by atoms with Crippen molar-refractivity contribution in [3.8, 4) is 0 Å². The molecule has 0 aromatic heterocycles. The lowest BCUT2D eigenvalue weighted by molar-refractivity contribution is -0.141. The van der Waals surface area contributed by atoms with Gasteiger partial charge >= 0.3 is 0 Å². The highest BCUT2D eigenvalue weighted by molar-refractivity contribution is 7.51. The Morgan fingerprint density at radius 1 is 0.914 bits per heavy atom. The van der Waals surface area contributed by atoms with E-state index in [2.05, 4.69) is 21.3 Å². The van der Waals surface area contributed by atoms with E-state index in [9.17, 15) is 28.8 Å². The van der Waals surface area contributed by atoms with Crippen molar-refractivity contribution in [2.24, 2.45) is 5.92 Å². The van der Waals surface area contributed by atoms with E-state index in [4.69, 9.17) is 9.26 Å². The first-order valence-electron chi connectivity index (χ1n) is 11.3. The molecule has 0 aliphatic rings. The number of hydrogen-bond acceptors (Lipinski definition) is 8. The fourth-order valence-electron chi connectivity index (χ4n) is 2.64. The number of hydrogen-bond donors (Lipinski definition) is 4. The second kappa shape index (κ2) is 17.1. The fourth-order valence-corrected chi connectivity index (χ4v) is 3.25. The molecule has 4 amide bonds. The normalized spacial score (nSPS) is 13.8. The molecule has 35 heavy (non-hydrogen) atoms. The van der Waals surface area contributed by atoms with Crippen molar-refractivity contribution in [1.29, 1.82) is 0 Å². The summed E-state index contributed by atoms with van der Waals surface area (Å²) in [6.07, 6.45) is 1.77. The summed E-state index contributed by atoms with van der Waals surface area (Å²) in [4.78, 5) is 70.5. The molecular formula is C22H39N4O8P. The summed E-state index contributed by atoms with van der Waals surface area (Å²) in [5, 5.41) is 9.80. The minimum absolute atomic E-state index is 0.00657. The molecule has 0 saturated heterocycles. The molecule has 0 aromatic carbocycles. The Morgan fingerprint density at radius 2 is 1.46 bits per heavy atom. The Kier molecular flexibility index (Phi) is 15.9. The van der Waals surface area contributed by atoms with Crippen LogP contribution in [-0.2, 0) is 38.0 Å². The molecular weight excluding hydrogens is 479 g/mol. The van der Waals surface area contributed by atoms with Gasteiger partial charge in [0.25, 0.3) is 5.91 Å². The van der Waals surface area contributed by atoms with Crippen LogP contribution in [0, 0.1) is 5.92 Å². The second-order valence-electron chi connectivity index (χ2n) is 8.84. The maximum atomic E-state index is 12.3. The predicted octanol–water partition coefficient (Wildman–Crippen LogP) is -0.162. The van der Waals surface area contributed by atoms with Crippen LogP contribution < -0.4 is 21.3 Å². The molecule has 0 aliphatic heterocycles. The highest BCUT2D eigenvalue weighted by Gasteiger charge is 2.29. The third-order valence-electron chi connectivity index (χ3n) is 4.75. The van der Waals surface area contributed by atoms with Crippen LogP contribution in [-0.4, -0.2) is 87.1 Å². The first-order chi connectivity index (χ1) is 16.3. The topological polar surface area (TPSA) is 169 Å². The van der Waals surface area contributed by atoms with Crippen molar-refractivity contribution < 1.29 is 38.0 Å². The molecule has 0 heterocycles. The predicted molar refractivity (Wildman–Crippen MR) is 131 cm³/mol. The maximum absolute atomic E-state index is 12.3. The molecule has 0 bridgehead atoms. The van der Waals surface area contributed by atoms with E-state index in [1.165, 1.54) is 0 Å². The number of rotatable bonds is 18. The number of aldehydes is 2. The summed E-state index contributed by atoms with van der Waals surface area (Å²) in [7, 11) is 0.734. The van der Waals surface area contributed by atoms with Gasteiger partial charge in [0.2, 0.25) is 17.7 Å². The van der Waals surface area contributed by atoms with E-state index in [1.807, 2.05) is 20.5 Å². The van der Waals surface area contributed by atoms with E-state index >= 15 is 0 Å². The van der Waals surface area contributed by atoms with Gasteiger partial charge in [-0.05, 0) is 39.3 Å². The second-order valence-corrected chi connectivity index (χ2v) is 10.7. The van der Waals surface area contributed by atoms with Gasteiger partial charge in [-0.1, -0.05) is 13.8 Å². The first-order valence-corrected chi connectivity index (χ1v) is 13.2. The van der Waals surface area contributed by atoms with Crippen LogP contribution in [0.2, 0.25) is 0 Å². The lowest BCUT2D eigenvalue weighted by Crippen LogP contribution is -2.49. The Balaban J connectivity index is 4.37. The average Bonchev–Trinajstić information content (AvgIpc) is 2.81. The minimum atomic E-state index is -1.18. The molecule has 200 valence electrons. The summed E-state index contributed by atoms with van der Waals surface area (Å²) in [5.41, 5.74) is -1.18. The highest BCUT2D eigenvalue weighted by Crippen LogP contribution is 2.32. The van der Waals surface area contributed by atoms with E-state index < -0.39 is 49.5 Å². The number of nitrogens with one attached hydrogen (secondary N) is 4. The molecule has 13 heteroatoms. The first kappa shape index (κ1) is 32.6. The third kappa shape index (κ3) is 15.2. The van der Waals surface area contributed by atoms with Gasteiger partial charge in [0.1, 0.15) is 18.2 Å². The van der Waals surface area contributed by atoms with Gasteiger partial charge in [0.05, 0.1) is 39.7 Å². The molecule has 0 aliphatic carbocycles. The van der Waals surface area contributed by atoms with Gasteiger partial charge in [-0.2, -0.15) is 0 Å². The van der Waals surface area contributed by atoms with Crippen molar-refractivity contribution in [3.05, 3.63) is 0 Å². The van der Waals surface area contributed by atoms with Crippen molar-refractivity contribution in [2.75, 3.05) is 33.2 Å². The lowest BCUT2D eigenvalue weighted by Gasteiger charge is -2.25. The van der Waals surface area contributed by atoms with Crippen LogP contribution in [0.25, 0.3) is 0 Å². The number of carbonyl (C=O) groups excluding carboxylic acids is 6. The van der Waals surface area contributed by atoms with Gasteiger partial charge in [0.15, 0.2) is 0 Å². The zero-order chi connectivity index (χ0) is 27.0. The van der Waals surface area contributed by atoms with Crippen molar-refractivity contribution in [2.45, 2.75) is 64.6 Å². The number of amides is 4. The van der Waals surface area contributed by atoms with E-state index in [1.54, 1.807) is 21.0 Å². The fraction of sp³-hybridized carbons (Fsp3) is 0.727. The van der Waals surface area contributed by atoms with Gasteiger partial charge in [-0.25, -0.2) is 0 Å². The Hall–Kier alpha value is -2.43. The Morgan fingerprint density at radius 3 is 1.97 bits per heavy atom. The zero-order valence-corrected chi connectivity index (χ0v) is 22.2. The Labute approximate surface area is 207 Å². The molecule has 0 radical (unpaired) electrons. The number of carbonyl (C=O) groups is 6. The molecule has 3 unspecified atom stereocenters. The SMILES string of the molecule is COP(C)COC(C)(C)C(=O)NCC(=O)NC(C=O)CCC(=O)NCC(=O)NC(C=O)CC(C)C. The van der Waals surface area contributed by atoms with Crippen molar-refractivity contribution in [3.63, 3.8) is 0 Å². The maximum Gasteiger partial charge on any atom is 0.252 e. The molecule has 3 atom stereocenters. The molecule has 0 spiro atoms. The standard InChI is InChI=1S/C22H39N4O8P/c1-15(2)9-17(13-28)26-19(30)10-23-18(29)8-7-16(12-27)25-20(31)11-24-21(32)22(3,4)34-14-35(6)33-5/h12-13,15-17H,7-11,14H2,1-6H3,(H,23,29)(H,24,32)(H,25,31)(H,26,30). The molecule has 12 nitrogen and oxygen atoms in total. The summed E-state index contributed by atoms with van der Waals surface area (Å²) < 4.78 is 10.7. The van der Waals surface area contributed by atoms with Gasteiger partial charge in [-0.3, -0.25) is 19.2 Å². The van der Waals surface area contributed by atoms with Crippen LogP contribution in [0.3, 0.4) is 0 Å². The molecule has 0 aromatic rings. The van der Waals surface area contributed by atoms with E-state index in [0.29, 0.717) is 19.0 Å². The molecule has 0 fully saturated rings. The lowest BCUT2D eigenvalue weighted by atomic mass is 10.1. The van der Waals surface area contributed by atoms with Gasteiger partial charge in [-0.15, -0.1) is 0 Å². The summed E-state index contributed by atoms with van der Waals surface area (Å²) in [5.74, 6) is -1.89. The summed E-state index contributed by atoms with van der Waals surface area (Å²) in [6.45, 7) is 8.13. The van der Waals surface area contributed by atoms with Crippen LogP contribution in [0.5, 0.6) is 0 Å². The van der Waals surface area contributed by atoms with Crippen LogP contribution in [0.1, 0.15) is 47.0 Å². The molecule has 4 N–H and O–H groups in total. The average molecular weight is 519 g/mol. The van der Waals surface area contributed by atoms with Crippen LogP contribution in [0.4, 0.5) is 0 Å². The highest BCUT2D eigenvalue weighted by atomic mass is 31.1. The smallest absolute Gasteiger partial charge is 0.252 e. The summed E-state index contributed by atoms with van der Waals surface area (Å²) in [6, 6.07) is -1.57. The van der Waals surface area contributed by atoms with E-state index in [0.717, 1.165) is 0 Å². The molecule has 0 saturated carbocycles. The van der Waals surface area contributed by atoms with E-state index in [-0.39, 0.29) is 38.2 Å². The number of ether oxygens (including phenoxy) is 1. The minimum Gasteiger partial charge on any atom is -0.360 e. The van der Waals surface area contributed by atoms with Crippen LogP contribution in [0.15, 0.2) is 0 Å².